The zero-order chi connectivity index (χ0) is 15.5. The van der Waals surface area contributed by atoms with Gasteiger partial charge in [0.2, 0.25) is 5.91 Å². The number of amides is 1. The zero-order valence-corrected chi connectivity index (χ0v) is 12.5. The number of nitrogens with one attached hydrogen (secondary N) is 2. The summed E-state index contributed by atoms with van der Waals surface area (Å²) in [5.41, 5.74) is -0.113. The first-order valence-corrected chi connectivity index (χ1v) is 8.48. The summed E-state index contributed by atoms with van der Waals surface area (Å²) in [6.07, 6.45) is 1.03. The lowest BCUT2D eigenvalue weighted by Gasteiger charge is -2.26. The van der Waals surface area contributed by atoms with E-state index in [1.165, 1.54) is 6.07 Å². The monoisotopic (exact) mass is 315 g/mol. The van der Waals surface area contributed by atoms with Crippen LogP contribution in [-0.2, 0) is 14.6 Å². The number of anilines is 1. The molecule has 1 fully saturated rings. The molecule has 1 amide bonds. The Hall–Kier alpha value is -1.51. The minimum atomic E-state index is -3.44. The Morgan fingerprint density at radius 2 is 2.05 bits per heavy atom. The van der Waals surface area contributed by atoms with E-state index in [4.69, 9.17) is 0 Å². The molecule has 0 spiro atoms. The van der Waals surface area contributed by atoms with Gasteiger partial charge in [-0.1, -0.05) is 0 Å². The first-order chi connectivity index (χ1) is 9.86. The van der Waals surface area contributed by atoms with Crippen molar-refractivity contribution in [2.75, 3.05) is 44.3 Å². The average Bonchev–Trinajstić information content (AvgIpc) is 2.41. The molecule has 1 aromatic rings. The van der Waals surface area contributed by atoms with Gasteiger partial charge >= 0.3 is 0 Å². The van der Waals surface area contributed by atoms with Gasteiger partial charge in [0.1, 0.15) is 5.82 Å². The van der Waals surface area contributed by atoms with Crippen molar-refractivity contribution >= 4 is 21.4 Å². The Balaban J connectivity index is 2.06. The molecule has 0 radical (unpaired) electrons. The quantitative estimate of drug-likeness (QED) is 0.769. The lowest BCUT2D eigenvalue weighted by Crippen LogP contribution is -2.46. The first-order valence-electron chi connectivity index (χ1n) is 6.59. The summed E-state index contributed by atoms with van der Waals surface area (Å²) < 4.78 is 36.6. The molecule has 1 saturated heterocycles. The van der Waals surface area contributed by atoms with Gasteiger partial charge in [-0.25, -0.2) is 12.8 Å². The number of sulfone groups is 1. The van der Waals surface area contributed by atoms with Gasteiger partial charge in [0.05, 0.1) is 17.1 Å². The molecule has 1 aromatic carbocycles. The molecule has 21 heavy (non-hydrogen) atoms. The van der Waals surface area contributed by atoms with Crippen molar-refractivity contribution in [1.29, 1.82) is 0 Å². The van der Waals surface area contributed by atoms with Crippen molar-refractivity contribution in [1.82, 2.24) is 10.2 Å². The maximum absolute atomic E-state index is 13.7. The van der Waals surface area contributed by atoms with Crippen LogP contribution in [0.5, 0.6) is 0 Å². The molecule has 0 atom stereocenters. The van der Waals surface area contributed by atoms with E-state index in [2.05, 4.69) is 10.6 Å². The Morgan fingerprint density at radius 3 is 2.67 bits per heavy atom. The fourth-order valence-electron chi connectivity index (χ4n) is 2.09. The van der Waals surface area contributed by atoms with Gasteiger partial charge in [0, 0.05) is 32.4 Å². The first kappa shape index (κ1) is 15.9. The van der Waals surface area contributed by atoms with Gasteiger partial charge in [-0.3, -0.25) is 9.69 Å². The third-order valence-electron chi connectivity index (χ3n) is 3.22. The number of carbonyl (C=O) groups excluding carboxylic acids is 1. The normalized spacial score (nSPS) is 16.7. The highest BCUT2D eigenvalue weighted by Crippen LogP contribution is 2.19. The molecular formula is C13H18FN3O3S. The Kier molecular flexibility index (Phi) is 4.92. The number of halogens is 1. The number of carbonyl (C=O) groups is 1. The molecule has 8 heteroatoms. The van der Waals surface area contributed by atoms with Crippen molar-refractivity contribution < 1.29 is 17.6 Å². The van der Waals surface area contributed by atoms with E-state index >= 15 is 0 Å². The van der Waals surface area contributed by atoms with E-state index in [1.807, 2.05) is 4.90 Å². The fourth-order valence-corrected chi connectivity index (χ4v) is 2.74. The molecule has 0 aromatic heterocycles. The topological polar surface area (TPSA) is 78.5 Å². The Morgan fingerprint density at radius 1 is 1.38 bits per heavy atom. The van der Waals surface area contributed by atoms with E-state index < -0.39 is 15.7 Å². The van der Waals surface area contributed by atoms with Crippen LogP contribution in [-0.4, -0.2) is 58.2 Å². The van der Waals surface area contributed by atoms with Crippen molar-refractivity contribution in [2.45, 2.75) is 4.90 Å². The highest BCUT2D eigenvalue weighted by molar-refractivity contribution is 7.90. The van der Waals surface area contributed by atoms with Crippen LogP contribution in [0.4, 0.5) is 10.1 Å². The highest BCUT2D eigenvalue weighted by Gasteiger charge is 2.16. The van der Waals surface area contributed by atoms with E-state index in [-0.39, 0.29) is 23.0 Å². The second-order valence-corrected chi connectivity index (χ2v) is 7.00. The lowest BCUT2D eigenvalue weighted by molar-refractivity contribution is -0.117. The van der Waals surface area contributed by atoms with Gasteiger partial charge in [-0.2, -0.15) is 0 Å². The molecule has 0 saturated carbocycles. The average molecular weight is 315 g/mol. The summed E-state index contributed by atoms with van der Waals surface area (Å²) in [5, 5.41) is 5.60. The van der Waals surface area contributed by atoms with E-state index in [1.54, 1.807) is 0 Å². The number of hydrogen-bond donors (Lipinski definition) is 2. The van der Waals surface area contributed by atoms with Crippen molar-refractivity contribution in [2.24, 2.45) is 0 Å². The second-order valence-electron chi connectivity index (χ2n) is 4.99. The third kappa shape index (κ3) is 4.48. The molecular weight excluding hydrogens is 297 g/mol. The van der Waals surface area contributed by atoms with Crippen molar-refractivity contribution in [3.63, 3.8) is 0 Å². The maximum atomic E-state index is 13.7. The number of nitrogens with zero attached hydrogens (tertiary/aromatic N) is 1. The largest absolute Gasteiger partial charge is 0.322 e. The predicted molar refractivity (Wildman–Crippen MR) is 77.4 cm³/mol. The van der Waals surface area contributed by atoms with E-state index in [9.17, 15) is 17.6 Å². The standard InChI is InChI=1S/C13H18FN3O3S/c1-21(19,20)10-2-3-11(14)12(8-10)16-13(18)9-17-6-4-15-5-7-17/h2-3,8,15H,4-7,9H2,1H3,(H,16,18). The molecule has 0 aliphatic carbocycles. The summed E-state index contributed by atoms with van der Waals surface area (Å²) in [6.45, 7) is 3.28. The number of benzene rings is 1. The van der Waals surface area contributed by atoms with Crippen LogP contribution in [0.15, 0.2) is 23.1 Å². The van der Waals surface area contributed by atoms with E-state index in [0.717, 1.165) is 44.6 Å². The SMILES string of the molecule is CS(=O)(=O)c1ccc(F)c(NC(=O)CN2CCNCC2)c1. The fraction of sp³-hybridized carbons (Fsp3) is 0.462. The smallest absolute Gasteiger partial charge is 0.238 e. The van der Waals surface area contributed by atoms with Crippen LogP contribution in [0.3, 0.4) is 0 Å². The zero-order valence-electron chi connectivity index (χ0n) is 11.7. The Bertz CT molecular complexity index is 628. The molecule has 0 bridgehead atoms. The van der Waals surface area contributed by atoms with Gasteiger partial charge in [-0.15, -0.1) is 0 Å². The molecule has 0 unspecified atom stereocenters. The molecule has 116 valence electrons. The summed E-state index contributed by atoms with van der Waals surface area (Å²) in [6, 6.07) is 3.35. The number of hydrogen-bond acceptors (Lipinski definition) is 5. The minimum absolute atomic E-state index is 0.0265. The van der Waals surface area contributed by atoms with Gasteiger partial charge < -0.3 is 10.6 Å². The summed E-state index contributed by atoms with van der Waals surface area (Å²) in [7, 11) is -3.44. The van der Waals surface area contributed by atoms with E-state index in [0.29, 0.717) is 0 Å². The van der Waals surface area contributed by atoms with Crippen LogP contribution in [0.2, 0.25) is 0 Å². The van der Waals surface area contributed by atoms with Crippen LogP contribution in [0.1, 0.15) is 0 Å². The van der Waals surface area contributed by atoms with Gasteiger partial charge in [0.15, 0.2) is 9.84 Å². The van der Waals surface area contributed by atoms with Crippen LogP contribution in [0.25, 0.3) is 0 Å². The third-order valence-corrected chi connectivity index (χ3v) is 4.33. The van der Waals surface area contributed by atoms with Gasteiger partial charge in [0.25, 0.3) is 0 Å². The lowest BCUT2D eigenvalue weighted by atomic mass is 10.3. The molecule has 1 aliphatic heterocycles. The van der Waals surface area contributed by atoms with Crippen molar-refractivity contribution in [3.05, 3.63) is 24.0 Å². The summed E-state index contributed by atoms with van der Waals surface area (Å²) >= 11 is 0. The molecule has 1 heterocycles. The van der Waals surface area contributed by atoms with Crippen LogP contribution in [0, 0.1) is 5.82 Å². The molecule has 6 nitrogen and oxygen atoms in total. The number of rotatable bonds is 4. The molecule has 1 aliphatic rings. The summed E-state index contributed by atoms with van der Waals surface area (Å²) in [4.78, 5) is 13.8. The highest BCUT2D eigenvalue weighted by atomic mass is 32.2. The Labute approximate surface area is 123 Å². The van der Waals surface area contributed by atoms with Crippen molar-refractivity contribution in [3.8, 4) is 0 Å². The summed E-state index contributed by atoms with van der Waals surface area (Å²) in [5.74, 6) is -1.02. The van der Waals surface area contributed by atoms with Crippen LogP contribution >= 0.6 is 0 Å². The molecule has 2 N–H and O–H groups in total. The van der Waals surface area contributed by atoms with Gasteiger partial charge in [-0.05, 0) is 18.2 Å². The maximum Gasteiger partial charge on any atom is 0.238 e. The second kappa shape index (κ2) is 6.50. The predicted octanol–water partition coefficient (Wildman–Crippen LogP) is 0.0729. The number of piperazine rings is 1. The molecule has 2 rings (SSSR count). The van der Waals surface area contributed by atoms with Crippen LogP contribution < -0.4 is 10.6 Å². The minimum Gasteiger partial charge on any atom is -0.322 e.